The molecule has 0 bridgehead atoms. The van der Waals surface area contributed by atoms with Gasteiger partial charge in [-0.2, -0.15) is 0 Å². The molecule has 1 saturated heterocycles. The van der Waals surface area contributed by atoms with Gasteiger partial charge in [0.15, 0.2) is 0 Å². The lowest BCUT2D eigenvalue weighted by atomic mass is 9.96. The van der Waals surface area contributed by atoms with Crippen LogP contribution in [-0.2, 0) is 4.74 Å². The molecule has 3 nitrogen and oxygen atoms in total. The maximum atomic E-state index is 5.54. The van der Waals surface area contributed by atoms with Crippen LogP contribution in [0.2, 0.25) is 0 Å². The Morgan fingerprint density at radius 3 is 2.78 bits per heavy atom. The molecular formula is C15H32N2O. The molecule has 1 aliphatic rings. The van der Waals surface area contributed by atoms with Crippen molar-refractivity contribution in [2.45, 2.75) is 52.1 Å². The van der Waals surface area contributed by atoms with Crippen molar-refractivity contribution in [2.24, 2.45) is 5.92 Å². The fourth-order valence-electron chi connectivity index (χ4n) is 2.65. The van der Waals surface area contributed by atoms with Crippen molar-refractivity contribution in [2.75, 3.05) is 39.8 Å². The van der Waals surface area contributed by atoms with Gasteiger partial charge in [0.1, 0.15) is 0 Å². The normalized spacial score (nSPS) is 25.5. The molecule has 0 radical (unpaired) electrons. The molecule has 0 aliphatic carbocycles. The number of rotatable bonds is 9. The third-order valence-electron chi connectivity index (χ3n) is 4.09. The first-order valence-corrected chi connectivity index (χ1v) is 7.73. The number of ether oxygens (including phenoxy) is 1. The second-order valence-corrected chi connectivity index (χ2v) is 5.65. The summed E-state index contributed by atoms with van der Waals surface area (Å²) in [6, 6.07) is 0. The van der Waals surface area contributed by atoms with E-state index in [1.807, 2.05) is 7.11 Å². The zero-order valence-corrected chi connectivity index (χ0v) is 12.6. The number of hydrogen-bond acceptors (Lipinski definition) is 3. The van der Waals surface area contributed by atoms with Crippen LogP contribution in [0.1, 0.15) is 46.0 Å². The molecule has 1 heterocycles. The van der Waals surface area contributed by atoms with Crippen LogP contribution in [0.25, 0.3) is 0 Å². The molecule has 0 saturated carbocycles. The summed E-state index contributed by atoms with van der Waals surface area (Å²) in [5, 5.41) is 3.55. The van der Waals surface area contributed by atoms with Crippen molar-refractivity contribution < 1.29 is 4.74 Å². The first-order valence-electron chi connectivity index (χ1n) is 7.73. The summed E-state index contributed by atoms with van der Waals surface area (Å²) in [5.74, 6) is 0.716. The maximum absolute atomic E-state index is 5.54. The number of hydrogen-bond donors (Lipinski definition) is 1. The predicted molar refractivity (Wildman–Crippen MR) is 78.0 cm³/mol. The van der Waals surface area contributed by atoms with E-state index in [0.717, 1.165) is 13.1 Å². The zero-order chi connectivity index (χ0) is 13.2. The van der Waals surface area contributed by atoms with Gasteiger partial charge in [-0.25, -0.2) is 0 Å². The van der Waals surface area contributed by atoms with E-state index in [0.29, 0.717) is 12.0 Å². The Balaban J connectivity index is 1.99. The molecular weight excluding hydrogens is 224 g/mol. The highest BCUT2D eigenvalue weighted by Gasteiger charge is 2.25. The van der Waals surface area contributed by atoms with Gasteiger partial charge in [0.25, 0.3) is 0 Å². The van der Waals surface area contributed by atoms with Crippen LogP contribution in [-0.4, -0.2) is 50.8 Å². The van der Waals surface area contributed by atoms with Crippen LogP contribution in [0.4, 0.5) is 0 Å². The highest BCUT2D eigenvalue weighted by atomic mass is 16.5. The molecule has 3 heteroatoms. The van der Waals surface area contributed by atoms with Gasteiger partial charge in [0.05, 0.1) is 6.10 Å². The molecule has 2 atom stereocenters. The van der Waals surface area contributed by atoms with Gasteiger partial charge in [0, 0.05) is 26.7 Å². The Hall–Kier alpha value is -0.120. The molecule has 0 amide bonds. The van der Waals surface area contributed by atoms with Crippen LogP contribution in [0.15, 0.2) is 0 Å². The molecule has 108 valence electrons. The van der Waals surface area contributed by atoms with Gasteiger partial charge in [-0.05, 0) is 31.8 Å². The topological polar surface area (TPSA) is 24.5 Å². The molecule has 1 N–H and O–H groups in total. The Labute approximate surface area is 113 Å². The van der Waals surface area contributed by atoms with E-state index in [1.165, 1.54) is 51.7 Å². The molecule has 1 fully saturated rings. The second kappa shape index (κ2) is 9.76. The third kappa shape index (κ3) is 6.17. The second-order valence-electron chi connectivity index (χ2n) is 5.65. The molecule has 0 spiro atoms. The summed E-state index contributed by atoms with van der Waals surface area (Å²) >= 11 is 0. The average molecular weight is 256 g/mol. The quantitative estimate of drug-likeness (QED) is 0.642. The standard InChI is InChI=1S/C15H32N2O/c1-4-5-6-7-9-16-10-12-17-11-8-14(2)15(13-17)18-3/h14-16H,4-13H2,1-3H3. The lowest BCUT2D eigenvalue weighted by Crippen LogP contribution is -2.46. The summed E-state index contributed by atoms with van der Waals surface area (Å²) in [4.78, 5) is 2.53. The van der Waals surface area contributed by atoms with Crippen molar-refractivity contribution in [1.29, 1.82) is 0 Å². The molecule has 0 aromatic carbocycles. The Kier molecular flexibility index (Phi) is 8.64. The number of nitrogens with one attached hydrogen (secondary N) is 1. The monoisotopic (exact) mass is 256 g/mol. The van der Waals surface area contributed by atoms with E-state index >= 15 is 0 Å². The van der Waals surface area contributed by atoms with E-state index in [1.54, 1.807) is 0 Å². The van der Waals surface area contributed by atoms with E-state index in [9.17, 15) is 0 Å². The Morgan fingerprint density at radius 1 is 1.22 bits per heavy atom. The van der Waals surface area contributed by atoms with Crippen LogP contribution < -0.4 is 5.32 Å². The highest BCUT2D eigenvalue weighted by Crippen LogP contribution is 2.18. The lowest BCUT2D eigenvalue weighted by Gasteiger charge is -2.36. The minimum atomic E-state index is 0.434. The van der Waals surface area contributed by atoms with Crippen molar-refractivity contribution >= 4 is 0 Å². The Bertz CT molecular complexity index is 199. The van der Waals surface area contributed by atoms with E-state index in [4.69, 9.17) is 4.74 Å². The fourth-order valence-corrected chi connectivity index (χ4v) is 2.65. The highest BCUT2D eigenvalue weighted by molar-refractivity contribution is 4.78. The minimum absolute atomic E-state index is 0.434. The van der Waals surface area contributed by atoms with Crippen molar-refractivity contribution in [3.05, 3.63) is 0 Å². The van der Waals surface area contributed by atoms with Crippen molar-refractivity contribution in [3.63, 3.8) is 0 Å². The van der Waals surface area contributed by atoms with Crippen molar-refractivity contribution in [3.8, 4) is 0 Å². The molecule has 2 unspecified atom stereocenters. The lowest BCUT2D eigenvalue weighted by molar-refractivity contribution is -0.00440. The first-order chi connectivity index (χ1) is 8.77. The maximum Gasteiger partial charge on any atom is 0.0724 e. The number of methoxy groups -OCH3 is 1. The van der Waals surface area contributed by atoms with Crippen LogP contribution in [0.5, 0.6) is 0 Å². The molecule has 1 aliphatic heterocycles. The summed E-state index contributed by atoms with van der Waals surface area (Å²) < 4.78 is 5.54. The average Bonchev–Trinajstić information content (AvgIpc) is 2.39. The molecule has 0 aromatic rings. The number of unbranched alkanes of at least 4 members (excludes halogenated alkanes) is 3. The summed E-state index contributed by atoms with van der Waals surface area (Å²) in [6.07, 6.45) is 7.10. The Morgan fingerprint density at radius 2 is 2.06 bits per heavy atom. The van der Waals surface area contributed by atoms with Crippen LogP contribution in [0, 0.1) is 5.92 Å². The summed E-state index contributed by atoms with van der Waals surface area (Å²) in [7, 11) is 1.84. The molecule has 18 heavy (non-hydrogen) atoms. The third-order valence-corrected chi connectivity index (χ3v) is 4.09. The van der Waals surface area contributed by atoms with Gasteiger partial charge in [-0.15, -0.1) is 0 Å². The number of likely N-dealkylation sites (tertiary alicyclic amines) is 1. The fraction of sp³-hybridized carbons (Fsp3) is 1.00. The largest absolute Gasteiger partial charge is 0.380 e. The van der Waals surface area contributed by atoms with Gasteiger partial charge in [-0.1, -0.05) is 33.1 Å². The number of nitrogens with zero attached hydrogens (tertiary/aromatic N) is 1. The van der Waals surface area contributed by atoms with Crippen molar-refractivity contribution in [1.82, 2.24) is 10.2 Å². The molecule has 0 aromatic heterocycles. The number of piperidine rings is 1. The van der Waals surface area contributed by atoms with Gasteiger partial charge in [-0.3, -0.25) is 4.90 Å². The summed E-state index contributed by atoms with van der Waals surface area (Å²) in [5.41, 5.74) is 0. The van der Waals surface area contributed by atoms with E-state index in [2.05, 4.69) is 24.1 Å². The molecule has 1 rings (SSSR count). The zero-order valence-electron chi connectivity index (χ0n) is 12.6. The van der Waals surface area contributed by atoms with Gasteiger partial charge >= 0.3 is 0 Å². The SMILES string of the molecule is CCCCCCNCCN1CCC(C)C(OC)C1. The smallest absolute Gasteiger partial charge is 0.0724 e. The minimum Gasteiger partial charge on any atom is -0.380 e. The van der Waals surface area contributed by atoms with E-state index in [-0.39, 0.29) is 0 Å². The predicted octanol–water partition coefficient (Wildman–Crippen LogP) is 2.51. The summed E-state index contributed by atoms with van der Waals surface area (Å²) in [6.45, 7) is 10.4. The van der Waals surface area contributed by atoms with Gasteiger partial charge in [0.2, 0.25) is 0 Å². The van der Waals surface area contributed by atoms with Gasteiger partial charge < -0.3 is 10.1 Å². The first kappa shape index (κ1) is 15.9. The van der Waals surface area contributed by atoms with Crippen LogP contribution >= 0.6 is 0 Å². The van der Waals surface area contributed by atoms with Crippen LogP contribution in [0.3, 0.4) is 0 Å². The van der Waals surface area contributed by atoms with E-state index < -0.39 is 0 Å².